The third-order valence-corrected chi connectivity index (χ3v) is 5.77. The lowest BCUT2D eigenvalue weighted by Crippen LogP contribution is -2.15. The summed E-state index contributed by atoms with van der Waals surface area (Å²) >= 11 is 5.59. The molecule has 1 aliphatic carbocycles. The van der Waals surface area contributed by atoms with Crippen LogP contribution in [-0.4, -0.2) is 10.2 Å². The van der Waals surface area contributed by atoms with Crippen molar-refractivity contribution in [2.45, 2.75) is 49.8 Å². The number of aryl methyl sites for hydroxylation is 1. The second kappa shape index (κ2) is 5.54. The Labute approximate surface area is 111 Å². The van der Waals surface area contributed by atoms with E-state index in [4.69, 9.17) is 0 Å². The Hall–Kier alpha value is -0.0200. The second-order valence-corrected chi connectivity index (χ2v) is 6.84. The highest BCUT2D eigenvalue weighted by molar-refractivity contribution is 9.10. The van der Waals surface area contributed by atoms with Gasteiger partial charge in [0.05, 0.1) is 4.47 Å². The molecule has 0 spiro atoms. The molecule has 1 aromatic heterocycles. The lowest BCUT2D eigenvalue weighted by Gasteiger charge is -2.26. The SMILES string of the molecule is Cc1ccnc(SC2CCCC(C)C2)c1Br. The summed E-state index contributed by atoms with van der Waals surface area (Å²) in [6, 6.07) is 2.05. The van der Waals surface area contributed by atoms with Crippen LogP contribution < -0.4 is 0 Å². The van der Waals surface area contributed by atoms with Gasteiger partial charge in [0.15, 0.2) is 0 Å². The lowest BCUT2D eigenvalue weighted by molar-refractivity contribution is 0.394. The zero-order chi connectivity index (χ0) is 11.5. The molecule has 1 saturated carbocycles. The molecule has 2 atom stereocenters. The van der Waals surface area contributed by atoms with Crippen LogP contribution in [0.4, 0.5) is 0 Å². The van der Waals surface area contributed by atoms with E-state index in [2.05, 4.69) is 40.8 Å². The van der Waals surface area contributed by atoms with E-state index < -0.39 is 0 Å². The van der Waals surface area contributed by atoms with Crippen molar-refractivity contribution in [3.8, 4) is 0 Å². The van der Waals surface area contributed by atoms with Crippen molar-refractivity contribution < 1.29 is 0 Å². The predicted molar refractivity (Wildman–Crippen MR) is 74.0 cm³/mol. The van der Waals surface area contributed by atoms with Crippen LogP contribution in [0.5, 0.6) is 0 Å². The van der Waals surface area contributed by atoms with E-state index in [1.165, 1.54) is 40.7 Å². The summed E-state index contributed by atoms with van der Waals surface area (Å²) < 4.78 is 1.18. The standard InChI is InChI=1S/C13H18BrNS/c1-9-4-3-5-11(8-9)16-13-12(14)10(2)6-7-15-13/h6-7,9,11H,3-5,8H2,1-2H3. The molecule has 0 amide bonds. The summed E-state index contributed by atoms with van der Waals surface area (Å²) in [5.74, 6) is 0.884. The molecule has 2 rings (SSSR count). The molecule has 2 unspecified atom stereocenters. The summed E-state index contributed by atoms with van der Waals surface area (Å²) in [4.78, 5) is 4.47. The Balaban J connectivity index is 2.05. The third kappa shape index (κ3) is 3.01. The second-order valence-electron chi connectivity index (χ2n) is 4.76. The van der Waals surface area contributed by atoms with E-state index in [-0.39, 0.29) is 0 Å². The largest absolute Gasteiger partial charge is 0.249 e. The summed E-state index contributed by atoms with van der Waals surface area (Å²) in [7, 11) is 0. The van der Waals surface area contributed by atoms with Crippen molar-refractivity contribution in [1.29, 1.82) is 0 Å². The molecule has 0 radical (unpaired) electrons. The highest BCUT2D eigenvalue weighted by Gasteiger charge is 2.21. The summed E-state index contributed by atoms with van der Waals surface area (Å²) in [6.45, 7) is 4.49. The average molecular weight is 300 g/mol. The number of hydrogen-bond acceptors (Lipinski definition) is 2. The minimum absolute atomic E-state index is 0.759. The maximum atomic E-state index is 4.47. The average Bonchev–Trinajstić information content (AvgIpc) is 2.25. The van der Waals surface area contributed by atoms with Gasteiger partial charge in [-0.2, -0.15) is 0 Å². The monoisotopic (exact) mass is 299 g/mol. The fourth-order valence-electron chi connectivity index (χ4n) is 2.24. The maximum absolute atomic E-state index is 4.47. The first kappa shape index (κ1) is 12.4. The first-order chi connectivity index (χ1) is 7.66. The molecule has 0 aromatic carbocycles. The van der Waals surface area contributed by atoms with Crippen LogP contribution in [0.25, 0.3) is 0 Å². The van der Waals surface area contributed by atoms with Gasteiger partial charge in [-0.1, -0.05) is 19.8 Å². The number of halogens is 1. The molecule has 88 valence electrons. The number of nitrogens with zero attached hydrogens (tertiary/aromatic N) is 1. The number of rotatable bonds is 2. The van der Waals surface area contributed by atoms with Crippen molar-refractivity contribution in [2.24, 2.45) is 5.92 Å². The van der Waals surface area contributed by atoms with Gasteiger partial charge in [0, 0.05) is 11.4 Å². The Kier molecular flexibility index (Phi) is 4.31. The van der Waals surface area contributed by atoms with E-state index in [1.807, 2.05) is 18.0 Å². The summed E-state index contributed by atoms with van der Waals surface area (Å²) in [5.41, 5.74) is 1.28. The first-order valence-electron chi connectivity index (χ1n) is 5.94. The molecule has 1 fully saturated rings. The molecular weight excluding hydrogens is 282 g/mol. The number of pyridine rings is 1. The van der Waals surface area contributed by atoms with Crippen LogP contribution in [0.1, 0.15) is 38.2 Å². The van der Waals surface area contributed by atoms with Gasteiger partial charge < -0.3 is 0 Å². The first-order valence-corrected chi connectivity index (χ1v) is 7.62. The zero-order valence-corrected chi connectivity index (χ0v) is 12.3. The quantitative estimate of drug-likeness (QED) is 0.776. The van der Waals surface area contributed by atoms with Crippen molar-refractivity contribution >= 4 is 27.7 Å². The Morgan fingerprint density at radius 3 is 3.00 bits per heavy atom. The molecule has 0 saturated heterocycles. The Morgan fingerprint density at radius 1 is 1.44 bits per heavy atom. The van der Waals surface area contributed by atoms with Gasteiger partial charge in [0.1, 0.15) is 5.03 Å². The smallest absolute Gasteiger partial charge is 0.111 e. The van der Waals surface area contributed by atoms with Gasteiger partial charge in [0.2, 0.25) is 0 Å². The molecule has 1 nitrogen and oxygen atoms in total. The van der Waals surface area contributed by atoms with Gasteiger partial charge >= 0.3 is 0 Å². The molecule has 1 aliphatic rings. The van der Waals surface area contributed by atoms with Gasteiger partial charge in [0.25, 0.3) is 0 Å². The molecule has 1 heterocycles. The minimum Gasteiger partial charge on any atom is -0.249 e. The third-order valence-electron chi connectivity index (χ3n) is 3.22. The van der Waals surface area contributed by atoms with Gasteiger partial charge in [-0.3, -0.25) is 0 Å². The fourth-order valence-corrected chi connectivity index (χ4v) is 4.17. The van der Waals surface area contributed by atoms with Gasteiger partial charge in [-0.25, -0.2) is 4.98 Å². The van der Waals surface area contributed by atoms with Crippen LogP contribution >= 0.6 is 27.7 Å². The van der Waals surface area contributed by atoms with E-state index in [9.17, 15) is 0 Å². The maximum Gasteiger partial charge on any atom is 0.111 e. The van der Waals surface area contributed by atoms with Gasteiger partial charge in [-0.05, 0) is 53.2 Å². The van der Waals surface area contributed by atoms with E-state index in [1.54, 1.807) is 0 Å². The van der Waals surface area contributed by atoms with Crippen molar-refractivity contribution in [1.82, 2.24) is 4.98 Å². The van der Waals surface area contributed by atoms with Crippen molar-refractivity contribution in [2.75, 3.05) is 0 Å². The molecule has 1 aromatic rings. The molecule has 16 heavy (non-hydrogen) atoms. The topological polar surface area (TPSA) is 12.9 Å². The predicted octanol–water partition coefficient (Wildman–Crippen LogP) is 4.82. The minimum atomic E-state index is 0.759. The molecule has 0 bridgehead atoms. The van der Waals surface area contributed by atoms with Crippen LogP contribution in [0.3, 0.4) is 0 Å². The van der Waals surface area contributed by atoms with Gasteiger partial charge in [-0.15, -0.1) is 11.8 Å². The van der Waals surface area contributed by atoms with Crippen LogP contribution in [0, 0.1) is 12.8 Å². The van der Waals surface area contributed by atoms with Crippen LogP contribution in [-0.2, 0) is 0 Å². The fraction of sp³-hybridized carbons (Fsp3) is 0.615. The lowest BCUT2D eigenvalue weighted by atomic mass is 9.91. The molecule has 0 N–H and O–H groups in total. The van der Waals surface area contributed by atoms with E-state index >= 15 is 0 Å². The van der Waals surface area contributed by atoms with Crippen molar-refractivity contribution in [3.63, 3.8) is 0 Å². The Bertz CT molecular complexity index is 367. The number of hydrogen-bond donors (Lipinski definition) is 0. The summed E-state index contributed by atoms with van der Waals surface area (Å²) in [6.07, 6.45) is 7.38. The van der Waals surface area contributed by atoms with Crippen LogP contribution in [0.2, 0.25) is 0 Å². The van der Waals surface area contributed by atoms with E-state index in [0.717, 1.165) is 11.2 Å². The van der Waals surface area contributed by atoms with E-state index in [0.29, 0.717) is 0 Å². The van der Waals surface area contributed by atoms with Crippen LogP contribution in [0.15, 0.2) is 21.8 Å². The number of aromatic nitrogens is 1. The molecule has 3 heteroatoms. The molecule has 0 aliphatic heterocycles. The number of thioether (sulfide) groups is 1. The Morgan fingerprint density at radius 2 is 2.25 bits per heavy atom. The normalized spacial score (nSPS) is 25.7. The zero-order valence-electron chi connectivity index (χ0n) is 9.87. The highest BCUT2D eigenvalue weighted by Crippen LogP contribution is 2.38. The molecular formula is C13H18BrNS. The highest BCUT2D eigenvalue weighted by atomic mass is 79.9. The van der Waals surface area contributed by atoms with Crippen molar-refractivity contribution in [3.05, 3.63) is 22.3 Å². The summed E-state index contributed by atoms with van der Waals surface area (Å²) in [5, 5.41) is 1.92.